The van der Waals surface area contributed by atoms with Crippen LogP contribution in [0.1, 0.15) is 60.9 Å². The lowest BCUT2D eigenvalue weighted by molar-refractivity contribution is 0.0449. The van der Waals surface area contributed by atoms with Gasteiger partial charge in [0.25, 0.3) is 5.91 Å². The molecule has 33 heavy (non-hydrogen) atoms. The van der Waals surface area contributed by atoms with Crippen LogP contribution in [0.3, 0.4) is 0 Å². The van der Waals surface area contributed by atoms with Gasteiger partial charge in [-0.25, -0.2) is 4.98 Å². The summed E-state index contributed by atoms with van der Waals surface area (Å²) in [4.78, 5) is 20.1. The van der Waals surface area contributed by atoms with Crippen molar-refractivity contribution in [1.82, 2.24) is 14.7 Å². The smallest absolute Gasteiger partial charge is 0.270 e. The Morgan fingerprint density at radius 1 is 1.18 bits per heavy atom. The molecule has 1 aliphatic rings. The molecular weight excluding hydrogens is 412 g/mol. The lowest BCUT2D eigenvalue weighted by atomic mass is 9.97. The standard InChI is InChI=1S/C27H36N4O2/c1-5-24-26(31-15-10-20(4)16-25(31)29-24)27(32)28-17-21-6-8-23(9-7-21)30-13-11-22(12-14-30)18-33-19(2)3/h6-10,15-16,19,22H,5,11-14,17-18H2,1-4H3,(H,28,32). The number of fused-ring (bicyclic) bond motifs is 1. The second-order valence-corrected chi connectivity index (χ2v) is 9.35. The van der Waals surface area contributed by atoms with Gasteiger partial charge in [0.05, 0.1) is 11.8 Å². The molecule has 1 fully saturated rings. The van der Waals surface area contributed by atoms with Gasteiger partial charge in [0.1, 0.15) is 11.3 Å². The molecule has 3 aromatic rings. The van der Waals surface area contributed by atoms with E-state index >= 15 is 0 Å². The largest absolute Gasteiger partial charge is 0.379 e. The Balaban J connectivity index is 1.34. The van der Waals surface area contributed by atoms with Crippen molar-refractivity contribution in [2.45, 2.75) is 59.6 Å². The number of aromatic nitrogens is 2. The van der Waals surface area contributed by atoms with Gasteiger partial charge < -0.3 is 15.0 Å². The van der Waals surface area contributed by atoms with Gasteiger partial charge in [0.15, 0.2) is 0 Å². The maximum absolute atomic E-state index is 13.0. The number of amides is 1. The van der Waals surface area contributed by atoms with E-state index in [0.29, 0.717) is 24.3 Å². The number of hydrogen-bond donors (Lipinski definition) is 1. The van der Waals surface area contributed by atoms with Crippen LogP contribution in [0.25, 0.3) is 5.65 Å². The fourth-order valence-electron chi connectivity index (χ4n) is 4.46. The number of benzene rings is 1. The van der Waals surface area contributed by atoms with E-state index in [9.17, 15) is 4.79 Å². The van der Waals surface area contributed by atoms with E-state index < -0.39 is 0 Å². The number of pyridine rings is 1. The Bertz CT molecular complexity index is 1080. The van der Waals surface area contributed by atoms with Crippen LogP contribution in [0.2, 0.25) is 0 Å². The number of rotatable bonds is 8. The zero-order valence-corrected chi connectivity index (χ0v) is 20.3. The maximum Gasteiger partial charge on any atom is 0.270 e. The van der Waals surface area contributed by atoms with Crippen LogP contribution >= 0.6 is 0 Å². The van der Waals surface area contributed by atoms with E-state index in [1.54, 1.807) is 0 Å². The number of aryl methyl sites for hydroxylation is 2. The first-order chi connectivity index (χ1) is 15.9. The highest BCUT2D eigenvalue weighted by Gasteiger charge is 2.20. The summed E-state index contributed by atoms with van der Waals surface area (Å²) in [6, 6.07) is 12.6. The molecule has 6 nitrogen and oxygen atoms in total. The molecule has 0 atom stereocenters. The number of hydrogen-bond acceptors (Lipinski definition) is 4. The Labute approximate surface area is 197 Å². The van der Waals surface area contributed by atoms with Gasteiger partial charge in [-0.3, -0.25) is 9.20 Å². The van der Waals surface area contributed by atoms with Crippen molar-refractivity contribution in [3.05, 3.63) is 65.1 Å². The summed E-state index contributed by atoms with van der Waals surface area (Å²) in [5.74, 6) is 0.577. The van der Waals surface area contributed by atoms with Crippen LogP contribution < -0.4 is 10.2 Å². The quantitative estimate of drug-likeness (QED) is 0.539. The molecule has 1 aromatic carbocycles. The summed E-state index contributed by atoms with van der Waals surface area (Å²) in [5, 5.41) is 3.08. The Hall–Kier alpha value is -2.86. The number of nitrogens with zero attached hydrogens (tertiary/aromatic N) is 3. The monoisotopic (exact) mass is 448 g/mol. The van der Waals surface area contributed by atoms with Gasteiger partial charge in [-0.15, -0.1) is 0 Å². The number of carbonyl (C=O) groups is 1. The summed E-state index contributed by atoms with van der Waals surface area (Å²) < 4.78 is 7.68. The van der Waals surface area contributed by atoms with Crippen LogP contribution in [-0.2, 0) is 17.7 Å². The molecule has 1 saturated heterocycles. The average Bonchev–Trinajstić information content (AvgIpc) is 3.19. The van der Waals surface area contributed by atoms with Crippen LogP contribution in [0.4, 0.5) is 5.69 Å². The first-order valence-corrected chi connectivity index (χ1v) is 12.2. The predicted molar refractivity (Wildman–Crippen MR) is 133 cm³/mol. The molecule has 0 bridgehead atoms. The molecule has 0 unspecified atom stereocenters. The maximum atomic E-state index is 13.0. The third-order valence-electron chi connectivity index (χ3n) is 6.44. The van der Waals surface area contributed by atoms with Gasteiger partial charge >= 0.3 is 0 Å². The summed E-state index contributed by atoms with van der Waals surface area (Å²) >= 11 is 0. The fraction of sp³-hybridized carbons (Fsp3) is 0.481. The van der Waals surface area contributed by atoms with Crippen molar-refractivity contribution in [1.29, 1.82) is 0 Å². The van der Waals surface area contributed by atoms with E-state index in [1.807, 2.05) is 36.6 Å². The molecule has 1 amide bonds. The Morgan fingerprint density at radius 2 is 1.91 bits per heavy atom. The van der Waals surface area contributed by atoms with Crippen molar-refractivity contribution < 1.29 is 9.53 Å². The Morgan fingerprint density at radius 3 is 2.58 bits per heavy atom. The van der Waals surface area contributed by atoms with Gasteiger partial charge in [-0.2, -0.15) is 0 Å². The predicted octanol–water partition coefficient (Wildman–Crippen LogP) is 4.78. The molecule has 2 aromatic heterocycles. The van der Waals surface area contributed by atoms with Crippen molar-refractivity contribution in [3.63, 3.8) is 0 Å². The Kier molecular flexibility index (Phi) is 7.33. The highest BCUT2D eigenvalue weighted by molar-refractivity contribution is 5.94. The zero-order chi connectivity index (χ0) is 23.4. The molecule has 6 heteroatoms. The zero-order valence-electron chi connectivity index (χ0n) is 20.3. The van der Waals surface area contributed by atoms with E-state index in [2.05, 4.69) is 53.3 Å². The summed E-state index contributed by atoms with van der Waals surface area (Å²) in [7, 11) is 0. The SMILES string of the molecule is CCc1nc2cc(C)ccn2c1C(=O)NCc1ccc(N2CCC(COC(C)C)CC2)cc1. The van der Waals surface area contributed by atoms with E-state index in [0.717, 1.165) is 48.6 Å². The summed E-state index contributed by atoms with van der Waals surface area (Å²) in [6.07, 6.45) is 5.30. The third-order valence-corrected chi connectivity index (χ3v) is 6.44. The normalized spacial score (nSPS) is 14.9. The molecule has 0 radical (unpaired) electrons. The second-order valence-electron chi connectivity index (χ2n) is 9.35. The summed E-state index contributed by atoms with van der Waals surface area (Å²) in [6.45, 7) is 11.8. The van der Waals surface area contributed by atoms with Crippen molar-refractivity contribution >= 4 is 17.2 Å². The minimum Gasteiger partial charge on any atom is -0.379 e. The number of imidazole rings is 1. The topological polar surface area (TPSA) is 58.9 Å². The number of nitrogens with one attached hydrogen (secondary N) is 1. The molecule has 176 valence electrons. The minimum absolute atomic E-state index is 0.0852. The molecule has 0 saturated carbocycles. The lowest BCUT2D eigenvalue weighted by Crippen LogP contribution is -2.35. The van der Waals surface area contributed by atoms with Crippen molar-refractivity contribution in [3.8, 4) is 0 Å². The molecule has 4 rings (SSSR count). The molecule has 3 heterocycles. The van der Waals surface area contributed by atoms with Crippen molar-refractivity contribution in [2.24, 2.45) is 5.92 Å². The second kappa shape index (κ2) is 10.4. The first kappa shape index (κ1) is 23.3. The van der Waals surface area contributed by atoms with Gasteiger partial charge in [-0.1, -0.05) is 19.1 Å². The molecule has 0 spiro atoms. The number of anilines is 1. The summed E-state index contributed by atoms with van der Waals surface area (Å²) in [5.41, 5.74) is 5.76. The van der Waals surface area contributed by atoms with Crippen molar-refractivity contribution in [2.75, 3.05) is 24.6 Å². The van der Waals surface area contributed by atoms with Crippen LogP contribution in [0.15, 0.2) is 42.6 Å². The lowest BCUT2D eigenvalue weighted by Gasteiger charge is -2.33. The van der Waals surface area contributed by atoms with Gasteiger partial charge in [0.2, 0.25) is 0 Å². The average molecular weight is 449 g/mol. The highest BCUT2D eigenvalue weighted by Crippen LogP contribution is 2.24. The minimum atomic E-state index is -0.0852. The molecule has 1 N–H and O–H groups in total. The molecule has 1 aliphatic heterocycles. The van der Waals surface area contributed by atoms with Crippen LogP contribution in [0.5, 0.6) is 0 Å². The van der Waals surface area contributed by atoms with Gasteiger partial charge in [0, 0.05) is 38.1 Å². The van der Waals surface area contributed by atoms with E-state index in [-0.39, 0.29) is 5.91 Å². The van der Waals surface area contributed by atoms with E-state index in [4.69, 9.17) is 4.74 Å². The highest BCUT2D eigenvalue weighted by atomic mass is 16.5. The number of piperidine rings is 1. The van der Waals surface area contributed by atoms with E-state index in [1.165, 1.54) is 18.5 Å². The number of ether oxygens (including phenoxy) is 1. The van der Waals surface area contributed by atoms with Crippen LogP contribution in [0, 0.1) is 12.8 Å². The third kappa shape index (κ3) is 5.56. The fourth-order valence-corrected chi connectivity index (χ4v) is 4.46. The molecule has 0 aliphatic carbocycles. The van der Waals surface area contributed by atoms with Crippen LogP contribution in [-0.4, -0.2) is 41.1 Å². The molecular formula is C27H36N4O2. The first-order valence-electron chi connectivity index (χ1n) is 12.2. The number of carbonyl (C=O) groups excluding carboxylic acids is 1. The van der Waals surface area contributed by atoms with Gasteiger partial charge in [-0.05, 0) is 81.3 Å².